The lowest BCUT2D eigenvalue weighted by atomic mass is 9.98. The number of alkyl halides is 3. The van der Waals surface area contributed by atoms with E-state index in [-0.39, 0.29) is 29.7 Å². The van der Waals surface area contributed by atoms with Gasteiger partial charge in [-0.05, 0) is 36.8 Å². The van der Waals surface area contributed by atoms with Crippen molar-refractivity contribution in [3.63, 3.8) is 0 Å². The van der Waals surface area contributed by atoms with Gasteiger partial charge in [0.2, 0.25) is 17.7 Å². The van der Waals surface area contributed by atoms with Crippen molar-refractivity contribution in [3.05, 3.63) is 71.8 Å². The number of aliphatic carboxylic acids is 1. The Balaban J connectivity index is 0.000000708. The van der Waals surface area contributed by atoms with Crippen LogP contribution in [0.25, 0.3) is 0 Å². The van der Waals surface area contributed by atoms with E-state index in [9.17, 15) is 27.6 Å². The van der Waals surface area contributed by atoms with Crippen LogP contribution in [0.3, 0.4) is 0 Å². The monoisotopic (exact) mass is 564 g/mol. The molecule has 1 aliphatic heterocycles. The number of amides is 3. The Hall–Kier alpha value is -3.93. The Morgan fingerprint density at radius 3 is 1.80 bits per heavy atom. The van der Waals surface area contributed by atoms with Crippen molar-refractivity contribution in [1.29, 1.82) is 0 Å². The number of nitrogens with one attached hydrogen (secondary N) is 2. The summed E-state index contributed by atoms with van der Waals surface area (Å²) in [6.45, 7) is 5.80. The number of rotatable bonds is 8. The van der Waals surface area contributed by atoms with Crippen molar-refractivity contribution in [1.82, 2.24) is 15.5 Å². The fraction of sp³-hybridized carbons (Fsp3) is 0.429. The Labute approximate surface area is 230 Å². The van der Waals surface area contributed by atoms with Crippen molar-refractivity contribution in [3.8, 4) is 0 Å². The van der Waals surface area contributed by atoms with Crippen LogP contribution in [0.15, 0.2) is 60.7 Å². The van der Waals surface area contributed by atoms with Crippen LogP contribution < -0.4 is 16.4 Å². The molecule has 3 atom stereocenters. The number of benzene rings is 2. The van der Waals surface area contributed by atoms with Crippen molar-refractivity contribution < 1.29 is 37.5 Å². The van der Waals surface area contributed by atoms with Crippen LogP contribution in [0.4, 0.5) is 13.2 Å². The lowest BCUT2D eigenvalue weighted by Gasteiger charge is -2.32. The van der Waals surface area contributed by atoms with Crippen LogP contribution in [0.1, 0.15) is 50.8 Å². The summed E-state index contributed by atoms with van der Waals surface area (Å²) in [6, 6.07) is 17.2. The lowest BCUT2D eigenvalue weighted by Crippen LogP contribution is -2.57. The van der Waals surface area contributed by atoms with Gasteiger partial charge in [-0.15, -0.1) is 0 Å². The number of nitrogens with two attached hydrogens (primary N) is 1. The number of carbonyl (C=O) groups excluding carboxylic acids is 3. The Morgan fingerprint density at radius 2 is 1.40 bits per heavy atom. The summed E-state index contributed by atoms with van der Waals surface area (Å²) >= 11 is 0. The van der Waals surface area contributed by atoms with Crippen molar-refractivity contribution in [2.75, 3.05) is 6.54 Å². The molecule has 12 heteroatoms. The van der Waals surface area contributed by atoms with E-state index in [0.717, 1.165) is 17.5 Å². The molecule has 1 aliphatic rings. The minimum atomic E-state index is -5.08. The molecule has 0 aliphatic carbocycles. The van der Waals surface area contributed by atoms with Gasteiger partial charge in [-0.1, -0.05) is 74.5 Å². The molecule has 0 unspecified atom stereocenters. The first-order valence-electron chi connectivity index (χ1n) is 12.8. The average Bonchev–Trinajstić information content (AvgIpc) is 3.40. The number of likely N-dealkylation sites (tertiary alicyclic amines) is 1. The van der Waals surface area contributed by atoms with E-state index in [1.54, 1.807) is 11.8 Å². The first-order chi connectivity index (χ1) is 18.7. The lowest BCUT2D eigenvalue weighted by molar-refractivity contribution is -0.192. The van der Waals surface area contributed by atoms with E-state index in [1.807, 2.05) is 74.5 Å². The van der Waals surface area contributed by atoms with Gasteiger partial charge >= 0.3 is 12.1 Å². The average molecular weight is 565 g/mol. The first-order valence-corrected chi connectivity index (χ1v) is 12.8. The Bertz CT molecular complexity index is 1100. The SMILES string of the molecule is CC(C)[C@H](NC(=O)[C@H](C)N)C(=O)N1CCC[C@H]1C(=O)NC(c1ccccc1)c1ccccc1.O=C(O)C(F)(F)F. The summed E-state index contributed by atoms with van der Waals surface area (Å²) in [5.41, 5.74) is 7.62. The number of carbonyl (C=O) groups is 4. The summed E-state index contributed by atoms with van der Waals surface area (Å²) in [6.07, 6.45) is -3.77. The number of hydrogen-bond acceptors (Lipinski definition) is 5. The van der Waals surface area contributed by atoms with E-state index in [2.05, 4.69) is 10.6 Å². The van der Waals surface area contributed by atoms with Gasteiger partial charge in [0.05, 0.1) is 12.1 Å². The van der Waals surface area contributed by atoms with E-state index in [4.69, 9.17) is 15.6 Å². The zero-order valence-electron chi connectivity index (χ0n) is 22.5. The number of halogens is 3. The molecule has 0 radical (unpaired) electrons. The molecule has 3 rings (SSSR count). The maximum absolute atomic E-state index is 13.4. The normalized spacial score (nSPS) is 16.5. The molecule has 2 aromatic carbocycles. The van der Waals surface area contributed by atoms with Gasteiger partial charge in [0.15, 0.2) is 0 Å². The standard InChI is InChI=1S/C26H34N4O3.C2HF3O2/c1-17(2)22(28-24(31)18(3)27)26(33)30-16-10-15-21(30)25(32)29-23(19-11-6-4-7-12-19)20-13-8-5-9-14-20;3-2(4,5)1(6)7/h4-9,11-14,17-18,21-23H,10,15-16,27H2,1-3H3,(H,28,31)(H,29,32);(H,6,7)/t18-,21-,22-;/m0./s1. The Morgan fingerprint density at radius 1 is 0.925 bits per heavy atom. The Kier molecular flexibility index (Phi) is 11.7. The van der Waals surface area contributed by atoms with Gasteiger partial charge < -0.3 is 26.4 Å². The van der Waals surface area contributed by atoms with Crippen LogP contribution in [0.2, 0.25) is 0 Å². The molecule has 0 bridgehead atoms. The molecule has 1 fully saturated rings. The third kappa shape index (κ3) is 9.08. The van der Waals surface area contributed by atoms with Crippen LogP contribution in [-0.4, -0.2) is 64.5 Å². The van der Waals surface area contributed by atoms with Crippen molar-refractivity contribution in [2.45, 2.75) is 64.0 Å². The molecule has 0 saturated carbocycles. The van der Waals surface area contributed by atoms with Crippen LogP contribution in [0, 0.1) is 5.92 Å². The third-order valence-corrected chi connectivity index (χ3v) is 6.28. The summed E-state index contributed by atoms with van der Waals surface area (Å²) in [5.74, 6) is -3.71. The van der Waals surface area contributed by atoms with Gasteiger partial charge in [-0.3, -0.25) is 14.4 Å². The fourth-order valence-corrected chi connectivity index (χ4v) is 4.17. The maximum atomic E-state index is 13.4. The maximum Gasteiger partial charge on any atom is 0.490 e. The molecular weight excluding hydrogens is 529 g/mol. The zero-order chi connectivity index (χ0) is 30.0. The smallest absolute Gasteiger partial charge is 0.475 e. The molecular formula is C28H35F3N4O5. The second-order valence-corrected chi connectivity index (χ2v) is 9.77. The summed E-state index contributed by atoms with van der Waals surface area (Å²) in [4.78, 5) is 49.5. The summed E-state index contributed by atoms with van der Waals surface area (Å²) in [7, 11) is 0. The first kappa shape index (κ1) is 32.3. The molecule has 0 spiro atoms. The summed E-state index contributed by atoms with van der Waals surface area (Å²) in [5, 5.41) is 13.0. The predicted molar refractivity (Wildman–Crippen MR) is 142 cm³/mol. The van der Waals surface area contributed by atoms with Gasteiger partial charge in [-0.25, -0.2) is 4.79 Å². The number of hydrogen-bond donors (Lipinski definition) is 4. The van der Waals surface area contributed by atoms with E-state index < -0.39 is 30.3 Å². The number of carboxylic acids is 1. The topological polar surface area (TPSA) is 142 Å². The largest absolute Gasteiger partial charge is 0.490 e. The fourth-order valence-electron chi connectivity index (χ4n) is 4.17. The van der Waals surface area contributed by atoms with Crippen molar-refractivity contribution in [2.24, 2.45) is 11.7 Å². The van der Waals surface area contributed by atoms with E-state index >= 15 is 0 Å². The van der Waals surface area contributed by atoms with Crippen molar-refractivity contribution >= 4 is 23.7 Å². The molecule has 0 aromatic heterocycles. The molecule has 2 aromatic rings. The highest BCUT2D eigenvalue weighted by Gasteiger charge is 2.40. The molecule has 5 N–H and O–H groups in total. The quantitative estimate of drug-likeness (QED) is 0.389. The molecule has 3 amide bonds. The molecule has 40 heavy (non-hydrogen) atoms. The highest BCUT2D eigenvalue weighted by atomic mass is 19.4. The van der Waals surface area contributed by atoms with Gasteiger partial charge in [0.1, 0.15) is 12.1 Å². The molecule has 9 nitrogen and oxygen atoms in total. The van der Waals surface area contributed by atoms with E-state index in [1.165, 1.54) is 0 Å². The molecule has 218 valence electrons. The summed E-state index contributed by atoms with van der Waals surface area (Å²) < 4.78 is 31.7. The minimum absolute atomic E-state index is 0.133. The van der Waals surface area contributed by atoms with Crippen LogP contribution in [0.5, 0.6) is 0 Å². The zero-order valence-corrected chi connectivity index (χ0v) is 22.5. The third-order valence-electron chi connectivity index (χ3n) is 6.28. The number of nitrogens with zero attached hydrogens (tertiary/aromatic N) is 1. The van der Waals surface area contributed by atoms with Crippen LogP contribution >= 0.6 is 0 Å². The second kappa shape index (κ2) is 14.5. The second-order valence-electron chi connectivity index (χ2n) is 9.77. The minimum Gasteiger partial charge on any atom is -0.475 e. The van der Waals surface area contributed by atoms with Gasteiger partial charge in [0.25, 0.3) is 0 Å². The van der Waals surface area contributed by atoms with Gasteiger partial charge in [0, 0.05) is 6.54 Å². The highest BCUT2D eigenvalue weighted by molar-refractivity contribution is 5.93. The predicted octanol–water partition coefficient (Wildman–Crippen LogP) is 3.00. The highest BCUT2D eigenvalue weighted by Crippen LogP contribution is 2.25. The molecule has 1 saturated heterocycles. The van der Waals surface area contributed by atoms with Gasteiger partial charge in [-0.2, -0.15) is 13.2 Å². The van der Waals surface area contributed by atoms with Crippen LogP contribution in [-0.2, 0) is 19.2 Å². The van der Waals surface area contributed by atoms with E-state index in [0.29, 0.717) is 13.0 Å². The molecule has 1 heterocycles. The number of carboxylic acid groups (broad SMARTS) is 1.